The van der Waals surface area contributed by atoms with Crippen LogP contribution in [0.4, 0.5) is 0 Å². The first-order chi connectivity index (χ1) is 11.1. The smallest absolute Gasteiger partial charge is 0.335 e. The average molecular weight is 354 g/mol. The second kappa shape index (κ2) is 6.90. The predicted molar refractivity (Wildman–Crippen MR) is 88.2 cm³/mol. The lowest BCUT2D eigenvalue weighted by atomic mass is 9.98. The van der Waals surface area contributed by atoms with Crippen LogP contribution in [0.25, 0.3) is 0 Å². The number of amides is 1. The fraction of sp³-hybridized carbons (Fsp3) is 0.500. The van der Waals surface area contributed by atoms with Gasteiger partial charge < -0.3 is 10.8 Å². The number of carbonyl (C=O) groups is 2. The molecule has 8 heteroatoms. The topological polar surface area (TPSA) is 118 Å². The van der Waals surface area contributed by atoms with Crippen molar-refractivity contribution in [3.63, 3.8) is 0 Å². The summed E-state index contributed by atoms with van der Waals surface area (Å²) < 4.78 is 27.3. The molecule has 0 saturated carbocycles. The standard InChI is InChI=1S/C16H22N2O5S/c1-10(2)13-4-3-12(16(20)21)9-14(13)24(22,23)18-7-5-11(6-8-18)15(17)19/h3-4,9-11H,5-8H2,1-2H3,(H2,17,19)(H,20,21). The molecule has 7 nitrogen and oxygen atoms in total. The van der Waals surface area contributed by atoms with Crippen molar-refractivity contribution in [2.45, 2.75) is 37.5 Å². The number of primary amides is 1. The molecule has 1 aliphatic heterocycles. The summed E-state index contributed by atoms with van der Waals surface area (Å²) in [5.74, 6) is -1.97. The summed E-state index contributed by atoms with van der Waals surface area (Å²) >= 11 is 0. The second-order valence-electron chi connectivity index (χ2n) is 6.29. The molecule has 1 fully saturated rings. The molecule has 1 heterocycles. The first-order valence-electron chi connectivity index (χ1n) is 7.81. The molecule has 1 aromatic rings. The molecule has 1 aromatic carbocycles. The van der Waals surface area contributed by atoms with Gasteiger partial charge in [0, 0.05) is 19.0 Å². The van der Waals surface area contributed by atoms with Gasteiger partial charge in [0.2, 0.25) is 15.9 Å². The highest BCUT2D eigenvalue weighted by Crippen LogP contribution is 2.30. The number of aromatic carboxylic acids is 1. The van der Waals surface area contributed by atoms with E-state index in [4.69, 9.17) is 10.8 Å². The largest absolute Gasteiger partial charge is 0.478 e. The van der Waals surface area contributed by atoms with Gasteiger partial charge in [-0.25, -0.2) is 13.2 Å². The number of carboxylic acid groups (broad SMARTS) is 1. The fourth-order valence-corrected chi connectivity index (χ4v) is 4.73. The van der Waals surface area contributed by atoms with Crippen molar-refractivity contribution in [3.8, 4) is 0 Å². The van der Waals surface area contributed by atoms with Crippen LogP contribution < -0.4 is 5.73 Å². The van der Waals surface area contributed by atoms with E-state index < -0.39 is 21.9 Å². The lowest BCUT2D eigenvalue weighted by Gasteiger charge is -2.30. The van der Waals surface area contributed by atoms with Gasteiger partial charge in [0.05, 0.1) is 10.5 Å². The Morgan fingerprint density at radius 2 is 1.83 bits per heavy atom. The Kier molecular flexibility index (Phi) is 5.29. The Hall–Kier alpha value is -1.93. The number of hydrogen-bond acceptors (Lipinski definition) is 4. The summed E-state index contributed by atoms with van der Waals surface area (Å²) in [5, 5.41) is 9.15. The van der Waals surface area contributed by atoms with Crippen molar-refractivity contribution in [3.05, 3.63) is 29.3 Å². The minimum absolute atomic E-state index is 0.0231. The predicted octanol–water partition coefficient (Wildman–Crippen LogP) is 1.39. The lowest BCUT2D eigenvalue weighted by Crippen LogP contribution is -2.42. The van der Waals surface area contributed by atoms with Crippen LogP contribution in [-0.4, -0.2) is 42.8 Å². The molecule has 0 spiro atoms. The Morgan fingerprint density at radius 1 is 1.25 bits per heavy atom. The number of sulfonamides is 1. The van der Waals surface area contributed by atoms with E-state index in [1.165, 1.54) is 16.4 Å². The zero-order chi connectivity index (χ0) is 18.1. The molecular formula is C16H22N2O5S. The summed E-state index contributed by atoms with van der Waals surface area (Å²) in [5.41, 5.74) is 5.79. The van der Waals surface area contributed by atoms with Crippen molar-refractivity contribution in [1.82, 2.24) is 4.31 Å². The van der Waals surface area contributed by atoms with Crippen LogP contribution >= 0.6 is 0 Å². The maximum absolute atomic E-state index is 13.0. The molecule has 1 aliphatic rings. The van der Waals surface area contributed by atoms with E-state index in [-0.39, 0.29) is 35.4 Å². The number of carbonyl (C=O) groups excluding carboxylic acids is 1. The number of rotatable bonds is 5. The zero-order valence-corrected chi connectivity index (χ0v) is 14.5. The summed E-state index contributed by atoms with van der Waals surface area (Å²) in [7, 11) is -3.82. The van der Waals surface area contributed by atoms with Gasteiger partial charge in [-0.3, -0.25) is 4.79 Å². The maximum atomic E-state index is 13.0. The Morgan fingerprint density at radius 3 is 2.29 bits per heavy atom. The van der Waals surface area contributed by atoms with E-state index in [0.29, 0.717) is 18.4 Å². The monoisotopic (exact) mass is 354 g/mol. The van der Waals surface area contributed by atoms with Crippen molar-refractivity contribution in [2.75, 3.05) is 13.1 Å². The van der Waals surface area contributed by atoms with Gasteiger partial charge in [-0.1, -0.05) is 19.9 Å². The molecule has 1 saturated heterocycles. The molecule has 132 valence electrons. The van der Waals surface area contributed by atoms with Gasteiger partial charge >= 0.3 is 5.97 Å². The Balaban J connectivity index is 2.40. The third kappa shape index (κ3) is 3.59. The van der Waals surface area contributed by atoms with E-state index in [1.54, 1.807) is 6.07 Å². The number of benzene rings is 1. The number of piperidine rings is 1. The molecule has 0 aliphatic carbocycles. The minimum Gasteiger partial charge on any atom is -0.478 e. The third-order valence-electron chi connectivity index (χ3n) is 4.36. The second-order valence-corrected chi connectivity index (χ2v) is 8.20. The van der Waals surface area contributed by atoms with Crippen LogP contribution in [0.1, 0.15) is 48.5 Å². The molecule has 0 unspecified atom stereocenters. The van der Waals surface area contributed by atoms with Crippen LogP contribution in [-0.2, 0) is 14.8 Å². The van der Waals surface area contributed by atoms with Gasteiger partial charge in [0.15, 0.2) is 0 Å². The van der Waals surface area contributed by atoms with Crippen molar-refractivity contribution in [1.29, 1.82) is 0 Å². The molecule has 3 N–H and O–H groups in total. The van der Waals surface area contributed by atoms with E-state index in [1.807, 2.05) is 13.8 Å². The minimum atomic E-state index is -3.82. The molecule has 0 aromatic heterocycles. The zero-order valence-electron chi connectivity index (χ0n) is 13.7. The van der Waals surface area contributed by atoms with E-state index in [2.05, 4.69) is 0 Å². The summed E-state index contributed by atoms with van der Waals surface area (Å²) in [4.78, 5) is 22.5. The van der Waals surface area contributed by atoms with Crippen molar-refractivity contribution >= 4 is 21.9 Å². The normalized spacial score (nSPS) is 17.1. The molecule has 0 bridgehead atoms. The van der Waals surface area contributed by atoms with Gasteiger partial charge in [0.25, 0.3) is 0 Å². The molecule has 0 atom stereocenters. The number of nitrogens with two attached hydrogens (primary N) is 1. The molecule has 0 radical (unpaired) electrons. The molecular weight excluding hydrogens is 332 g/mol. The van der Waals surface area contributed by atoms with Crippen LogP contribution in [0.3, 0.4) is 0 Å². The molecule has 24 heavy (non-hydrogen) atoms. The van der Waals surface area contributed by atoms with Crippen LogP contribution in [0.15, 0.2) is 23.1 Å². The summed E-state index contributed by atoms with van der Waals surface area (Å²) in [6.07, 6.45) is 0.758. The van der Waals surface area contributed by atoms with Crippen molar-refractivity contribution < 1.29 is 23.1 Å². The number of carboxylic acids is 1. The first kappa shape index (κ1) is 18.4. The highest BCUT2D eigenvalue weighted by molar-refractivity contribution is 7.89. The van der Waals surface area contributed by atoms with E-state index in [0.717, 1.165) is 0 Å². The SMILES string of the molecule is CC(C)c1ccc(C(=O)O)cc1S(=O)(=O)N1CCC(C(N)=O)CC1. The lowest BCUT2D eigenvalue weighted by molar-refractivity contribution is -0.122. The summed E-state index contributed by atoms with van der Waals surface area (Å²) in [6, 6.07) is 4.18. The van der Waals surface area contributed by atoms with E-state index >= 15 is 0 Å². The average Bonchev–Trinajstić information content (AvgIpc) is 2.54. The van der Waals surface area contributed by atoms with Crippen LogP contribution in [0.5, 0.6) is 0 Å². The Bertz CT molecular complexity index is 750. The summed E-state index contributed by atoms with van der Waals surface area (Å²) in [6.45, 7) is 4.11. The Labute approximate surface area is 141 Å². The van der Waals surface area contributed by atoms with Gasteiger partial charge in [-0.05, 0) is 36.5 Å². The van der Waals surface area contributed by atoms with E-state index in [9.17, 15) is 18.0 Å². The van der Waals surface area contributed by atoms with Crippen LogP contribution in [0.2, 0.25) is 0 Å². The van der Waals surface area contributed by atoms with Crippen LogP contribution in [0, 0.1) is 5.92 Å². The fourth-order valence-electron chi connectivity index (χ4n) is 2.89. The van der Waals surface area contributed by atoms with Gasteiger partial charge in [0.1, 0.15) is 0 Å². The first-order valence-corrected chi connectivity index (χ1v) is 9.25. The highest BCUT2D eigenvalue weighted by atomic mass is 32.2. The maximum Gasteiger partial charge on any atom is 0.335 e. The quantitative estimate of drug-likeness (QED) is 0.828. The van der Waals surface area contributed by atoms with Gasteiger partial charge in [-0.15, -0.1) is 0 Å². The van der Waals surface area contributed by atoms with Crippen molar-refractivity contribution in [2.24, 2.45) is 11.7 Å². The number of hydrogen-bond donors (Lipinski definition) is 2. The molecule has 1 amide bonds. The number of nitrogens with zero attached hydrogens (tertiary/aromatic N) is 1. The van der Waals surface area contributed by atoms with Gasteiger partial charge in [-0.2, -0.15) is 4.31 Å². The molecule has 2 rings (SSSR count). The third-order valence-corrected chi connectivity index (χ3v) is 6.31. The highest BCUT2D eigenvalue weighted by Gasteiger charge is 2.33.